The van der Waals surface area contributed by atoms with Crippen LogP contribution in [-0.4, -0.2) is 87.5 Å². The molecule has 1 aliphatic rings. The van der Waals surface area contributed by atoms with Crippen molar-refractivity contribution >= 4 is 26.1 Å². The minimum Gasteiger partial charge on any atom is -0.774 e. The largest absolute Gasteiger partial charge is 0.774 e. The van der Waals surface area contributed by atoms with Crippen LogP contribution in [0.3, 0.4) is 0 Å². The van der Waals surface area contributed by atoms with Crippen LogP contribution in [0.2, 0.25) is 0 Å². The molecule has 5 rings (SSSR count). The van der Waals surface area contributed by atoms with Crippen LogP contribution in [0, 0.1) is 23.7 Å². The number of hydrogen-bond donors (Lipinski definition) is 1. The highest BCUT2D eigenvalue weighted by molar-refractivity contribution is 7.59. The third-order valence-electron chi connectivity index (χ3n) is 8.37. The smallest absolute Gasteiger partial charge is 0.183 e. The standard InChI is InChI=1S/C38H43N5O8P2/c1-48-35-13-9-29(10-14-35)5-7-31-23-33(40-37(25-31)52(44,45)50-3)27-42-19-17-39-18-20-43(22-21-42)28-34-24-32(26-38(41-34)53(46,47)51-4)8-6-30-11-15-36(49-2)16-12-30/h9-16,23-26,39H,17-22,27-28H2,1-4H3,(H,44,45)(H,46,47)/p-2. The summed E-state index contributed by atoms with van der Waals surface area (Å²) in [4.78, 5) is 38.8. The Morgan fingerprint density at radius 3 is 1.34 bits per heavy atom. The van der Waals surface area contributed by atoms with Crippen molar-refractivity contribution in [1.82, 2.24) is 25.1 Å². The van der Waals surface area contributed by atoms with E-state index in [4.69, 9.17) is 18.5 Å². The van der Waals surface area contributed by atoms with E-state index in [1.807, 2.05) is 24.3 Å². The van der Waals surface area contributed by atoms with Crippen LogP contribution in [0.1, 0.15) is 33.6 Å². The third kappa shape index (κ3) is 11.6. The van der Waals surface area contributed by atoms with Crippen LogP contribution >= 0.6 is 15.2 Å². The molecule has 0 spiro atoms. The molecule has 2 aromatic heterocycles. The van der Waals surface area contributed by atoms with Gasteiger partial charge in [0.2, 0.25) is 0 Å². The van der Waals surface area contributed by atoms with Gasteiger partial charge in [-0.2, -0.15) is 0 Å². The van der Waals surface area contributed by atoms with Crippen LogP contribution in [0.5, 0.6) is 11.5 Å². The lowest BCUT2D eigenvalue weighted by atomic mass is 10.1. The Balaban J connectivity index is 1.35. The molecule has 0 amide bonds. The molecule has 1 N–H and O–H groups in total. The van der Waals surface area contributed by atoms with Crippen molar-refractivity contribution in [2.75, 3.05) is 67.7 Å². The number of benzene rings is 2. The average molecular weight is 758 g/mol. The van der Waals surface area contributed by atoms with Gasteiger partial charge in [0.05, 0.1) is 25.6 Å². The zero-order chi connectivity index (χ0) is 37.8. The molecule has 278 valence electrons. The van der Waals surface area contributed by atoms with Gasteiger partial charge >= 0.3 is 0 Å². The van der Waals surface area contributed by atoms with Crippen molar-refractivity contribution in [1.29, 1.82) is 0 Å². The summed E-state index contributed by atoms with van der Waals surface area (Å²) in [6, 6.07) is 20.9. The Kier molecular flexibility index (Phi) is 14.0. The Morgan fingerprint density at radius 2 is 0.981 bits per heavy atom. The van der Waals surface area contributed by atoms with Gasteiger partial charge in [0.25, 0.3) is 0 Å². The van der Waals surface area contributed by atoms with Gasteiger partial charge in [-0.25, -0.2) is 9.97 Å². The van der Waals surface area contributed by atoms with Gasteiger partial charge in [-0.05, 0) is 72.8 Å². The van der Waals surface area contributed by atoms with Gasteiger partial charge in [0.15, 0.2) is 15.2 Å². The summed E-state index contributed by atoms with van der Waals surface area (Å²) in [6.07, 6.45) is 0. The van der Waals surface area contributed by atoms with Crippen molar-refractivity contribution < 1.29 is 37.4 Å². The maximum Gasteiger partial charge on any atom is 0.183 e. The summed E-state index contributed by atoms with van der Waals surface area (Å²) in [5, 5.41) is 3.45. The second-order valence-corrected chi connectivity index (χ2v) is 15.7. The van der Waals surface area contributed by atoms with E-state index in [1.165, 1.54) is 12.1 Å². The molecule has 3 heterocycles. The number of nitrogens with one attached hydrogen (secondary N) is 1. The number of nitrogens with zero attached hydrogens (tertiary/aromatic N) is 4. The summed E-state index contributed by atoms with van der Waals surface area (Å²) in [5.41, 5.74) is 3.13. The van der Waals surface area contributed by atoms with Crippen molar-refractivity contribution in [3.63, 3.8) is 0 Å². The van der Waals surface area contributed by atoms with Gasteiger partial charge in [0, 0.05) is 88.8 Å². The number of hydrogen-bond acceptors (Lipinski definition) is 13. The molecule has 1 saturated heterocycles. The van der Waals surface area contributed by atoms with Crippen molar-refractivity contribution in [2.24, 2.45) is 0 Å². The highest BCUT2D eigenvalue weighted by Gasteiger charge is 2.19. The van der Waals surface area contributed by atoms with E-state index < -0.39 is 15.2 Å². The predicted octanol–water partition coefficient (Wildman–Crippen LogP) is 1.85. The van der Waals surface area contributed by atoms with Crippen LogP contribution in [0.15, 0.2) is 72.8 Å². The monoisotopic (exact) mass is 757 g/mol. The summed E-state index contributed by atoms with van der Waals surface area (Å²) < 4.78 is 45.6. The third-order valence-corrected chi connectivity index (χ3v) is 10.9. The van der Waals surface area contributed by atoms with E-state index in [1.54, 1.807) is 50.6 Å². The molecule has 2 atom stereocenters. The number of aromatic nitrogens is 2. The molecule has 1 aliphatic heterocycles. The molecule has 4 aromatic rings. The Morgan fingerprint density at radius 1 is 0.604 bits per heavy atom. The van der Waals surface area contributed by atoms with Gasteiger partial charge in [-0.3, -0.25) is 9.80 Å². The van der Waals surface area contributed by atoms with E-state index in [2.05, 4.69) is 48.8 Å². The molecule has 0 saturated carbocycles. The predicted molar refractivity (Wildman–Crippen MR) is 198 cm³/mol. The molecule has 0 bridgehead atoms. The number of ether oxygens (including phenoxy) is 2. The van der Waals surface area contributed by atoms with Gasteiger partial charge in [-0.1, -0.05) is 23.7 Å². The molecule has 53 heavy (non-hydrogen) atoms. The molecule has 2 aromatic carbocycles. The molecule has 1 fully saturated rings. The van der Waals surface area contributed by atoms with E-state index in [9.17, 15) is 18.9 Å². The first kappa shape index (κ1) is 39.8. The number of rotatable bonds is 10. The molecular weight excluding hydrogens is 716 g/mol. The molecular formula is C38H41N5O8P2-2. The zero-order valence-electron chi connectivity index (χ0n) is 30.0. The van der Waals surface area contributed by atoms with Crippen molar-refractivity contribution in [3.05, 3.63) is 106 Å². The number of methoxy groups -OCH3 is 2. The fraction of sp³-hybridized carbons (Fsp3) is 0.316. The minimum atomic E-state index is -4.42. The summed E-state index contributed by atoms with van der Waals surface area (Å²) in [7, 11) is -3.44. The minimum absolute atomic E-state index is 0.191. The quantitative estimate of drug-likeness (QED) is 0.185. The Labute approximate surface area is 310 Å². The Hall–Kier alpha value is -4.36. The number of pyridine rings is 2. The van der Waals surface area contributed by atoms with E-state index in [0.717, 1.165) is 25.3 Å². The summed E-state index contributed by atoms with van der Waals surface area (Å²) in [5.74, 6) is 13.7. The topological polar surface area (TPSA) is 161 Å². The maximum absolute atomic E-state index is 12.8. The van der Waals surface area contributed by atoms with Gasteiger partial charge in [0.1, 0.15) is 22.4 Å². The fourth-order valence-corrected chi connectivity index (χ4v) is 6.91. The molecule has 15 heteroatoms. The molecule has 13 nitrogen and oxygen atoms in total. The molecule has 0 radical (unpaired) electrons. The Bertz CT molecular complexity index is 1940. The molecule has 2 unspecified atom stereocenters. The normalized spacial score (nSPS) is 16.3. The molecule has 0 aliphatic carbocycles. The van der Waals surface area contributed by atoms with E-state index in [0.29, 0.717) is 86.4 Å². The van der Waals surface area contributed by atoms with Gasteiger partial charge < -0.3 is 42.8 Å². The second kappa shape index (κ2) is 18.6. The fourth-order valence-electron chi connectivity index (χ4n) is 5.44. The lowest BCUT2D eigenvalue weighted by Crippen LogP contribution is -2.36. The highest BCUT2D eigenvalue weighted by atomic mass is 31.2. The first-order valence-electron chi connectivity index (χ1n) is 16.7. The highest BCUT2D eigenvalue weighted by Crippen LogP contribution is 2.34. The van der Waals surface area contributed by atoms with Crippen LogP contribution in [0.4, 0.5) is 0 Å². The van der Waals surface area contributed by atoms with Crippen LogP contribution in [0.25, 0.3) is 0 Å². The second-order valence-electron chi connectivity index (χ2n) is 12.0. The zero-order valence-corrected chi connectivity index (χ0v) is 31.8. The van der Waals surface area contributed by atoms with Crippen molar-refractivity contribution in [2.45, 2.75) is 13.1 Å². The summed E-state index contributed by atoms with van der Waals surface area (Å²) in [6.45, 7) is 4.69. The summed E-state index contributed by atoms with van der Waals surface area (Å²) >= 11 is 0. The SMILES string of the molecule is COc1ccc(C#Cc2cc(CN3CCNCCN(Cc4cc(C#Cc5ccc(OC)cc5)cc(P(=O)([O-])OC)n4)CC3)nc(P(=O)([O-])OC)c2)cc1. The van der Waals surface area contributed by atoms with Gasteiger partial charge in [-0.15, -0.1) is 0 Å². The van der Waals surface area contributed by atoms with E-state index in [-0.39, 0.29) is 10.9 Å². The average Bonchev–Trinajstić information content (AvgIpc) is 3.28. The van der Waals surface area contributed by atoms with Crippen LogP contribution < -0.4 is 35.4 Å². The lowest BCUT2D eigenvalue weighted by molar-refractivity contribution is -0.193. The maximum atomic E-state index is 12.8. The first-order chi connectivity index (χ1) is 25.5. The van der Waals surface area contributed by atoms with Crippen molar-refractivity contribution in [3.8, 4) is 35.2 Å². The first-order valence-corrected chi connectivity index (χ1v) is 19.8. The van der Waals surface area contributed by atoms with E-state index >= 15 is 0 Å². The van der Waals surface area contributed by atoms with Crippen LogP contribution in [-0.2, 0) is 31.3 Å². The lowest BCUT2D eigenvalue weighted by Gasteiger charge is -2.27.